The summed E-state index contributed by atoms with van der Waals surface area (Å²) in [5.74, 6) is 0. The molecule has 0 N–H and O–H groups in total. The van der Waals surface area contributed by atoms with Gasteiger partial charge in [0.05, 0.1) is 77.1 Å². The van der Waals surface area contributed by atoms with Crippen LogP contribution in [0.15, 0.2) is 18.2 Å². The van der Waals surface area contributed by atoms with E-state index in [1.165, 1.54) is 0 Å². The minimum Gasteiger partial charge on any atom is -0.376 e. The lowest BCUT2D eigenvalue weighted by molar-refractivity contribution is 0.118. The highest BCUT2D eigenvalue weighted by atomic mass is 16.5. The molecule has 0 aliphatic heterocycles. The first-order valence-electron chi connectivity index (χ1n) is 7.76. The summed E-state index contributed by atoms with van der Waals surface area (Å²) in [5, 5.41) is 25.6. The number of hydrogen-bond acceptors (Lipinski definition) is 6. The molecule has 0 bridgehead atoms. The predicted octanol–water partition coefficient (Wildman–Crippen LogP) is 2.98. The Morgan fingerprint density at radius 1 is 0.583 bits per heavy atom. The van der Waals surface area contributed by atoms with E-state index in [2.05, 4.69) is 0 Å². The van der Waals surface area contributed by atoms with Gasteiger partial charge >= 0.3 is 0 Å². The van der Waals surface area contributed by atoms with Gasteiger partial charge in [-0.3, -0.25) is 0 Å². The molecule has 6 heteroatoms. The topological polar surface area (TPSA) is 99.1 Å². The molecule has 0 aromatic heterocycles. The van der Waals surface area contributed by atoms with Crippen molar-refractivity contribution in [1.82, 2.24) is 0 Å². The first kappa shape index (κ1) is 19.6. The van der Waals surface area contributed by atoms with E-state index in [1.54, 1.807) is 0 Å². The maximum atomic E-state index is 8.52. The molecule has 0 unspecified atom stereocenters. The first-order valence-corrected chi connectivity index (χ1v) is 7.76. The molecule has 0 saturated carbocycles. The Kier molecular flexibility index (Phi) is 10.7. The van der Waals surface area contributed by atoms with Gasteiger partial charge < -0.3 is 14.2 Å². The van der Waals surface area contributed by atoms with Gasteiger partial charge in [-0.15, -0.1) is 0 Å². The summed E-state index contributed by atoms with van der Waals surface area (Å²) < 4.78 is 16.4. The van der Waals surface area contributed by atoms with Crippen LogP contribution in [0.1, 0.15) is 36.0 Å². The normalized spacial score (nSPS) is 9.88. The number of ether oxygens (including phenoxy) is 3. The van der Waals surface area contributed by atoms with Crippen LogP contribution in [-0.2, 0) is 34.0 Å². The molecular weight excluding hydrogens is 306 g/mol. The molecule has 0 spiro atoms. The minimum atomic E-state index is 0.362. The molecule has 0 atom stereocenters. The van der Waals surface area contributed by atoms with E-state index < -0.39 is 0 Å². The monoisotopic (exact) mass is 327 g/mol. The summed E-state index contributed by atoms with van der Waals surface area (Å²) in [6, 6.07) is 12.1. The smallest absolute Gasteiger partial charge is 0.0717 e. The Bertz CT molecular complexity index is 513. The fraction of sp³-hybridized carbons (Fsp3) is 0.500. The summed E-state index contributed by atoms with van der Waals surface area (Å²) in [7, 11) is 0. The second-order valence-corrected chi connectivity index (χ2v) is 5.04. The van der Waals surface area contributed by atoms with Crippen molar-refractivity contribution in [3.05, 3.63) is 34.9 Å². The van der Waals surface area contributed by atoms with Crippen molar-refractivity contribution >= 4 is 0 Å². The molecule has 1 aromatic rings. The third-order valence-corrected chi connectivity index (χ3v) is 2.99. The summed E-state index contributed by atoms with van der Waals surface area (Å²) in [4.78, 5) is 0. The third kappa shape index (κ3) is 8.88. The summed E-state index contributed by atoms with van der Waals surface area (Å²) >= 11 is 0. The summed E-state index contributed by atoms with van der Waals surface area (Å²) in [6.07, 6.45) is 1.09. The van der Waals surface area contributed by atoms with E-state index in [4.69, 9.17) is 30.0 Å². The van der Waals surface area contributed by atoms with E-state index in [0.29, 0.717) is 58.9 Å². The maximum Gasteiger partial charge on any atom is 0.0717 e. The molecule has 6 nitrogen and oxygen atoms in total. The van der Waals surface area contributed by atoms with E-state index >= 15 is 0 Å². The molecule has 0 heterocycles. The summed E-state index contributed by atoms with van der Waals surface area (Å²) in [5.41, 5.74) is 2.94. The fourth-order valence-corrected chi connectivity index (χ4v) is 2.01. The van der Waals surface area contributed by atoms with Crippen molar-refractivity contribution in [2.24, 2.45) is 0 Å². The molecule has 0 aliphatic carbocycles. The highest BCUT2D eigenvalue weighted by Gasteiger charge is 2.03. The number of nitrogens with zero attached hydrogens (tertiary/aromatic N) is 3. The van der Waals surface area contributed by atoms with Crippen LogP contribution in [0.4, 0.5) is 0 Å². The van der Waals surface area contributed by atoms with Crippen molar-refractivity contribution in [2.45, 2.75) is 39.1 Å². The van der Waals surface area contributed by atoms with E-state index in [9.17, 15) is 0 Å². The second kappa shape index (κ2) is 13.0. The van der Waals surface area contributed by atoms with Gasteiger partial charge in [0.25, 0.3) is 0 Å². The number of benzene rings is 1. The number of hydrogen-bond donors (Lipinski definition) is 0. The molecule has 0 saturated heterocycles. The Balaban J connectivity index is 2.64. The van der Waals surface area contributed by atoms with Crippen molar-refractivity contribution < 1.29 is 14.2 Å². The molecule has 126 valence electrons. The van der Waals surface area contributed by atoms with Gasteiger partial charge in [-0.25, -0.2) is 0 Å². The van der Waals surface area contributed by atoms with E-state index in [-0.39, 0.29) is 0 Å². The average Bonchev–Trinajstić information content (AvgIpc) is 2.59. The van der Waals surface area contributed by atoms with Crippen LogP contribution in [0.25, 0.3) is 0 Å². The molecule has 1 rings (SSSR count). The highest BCUT2D eigenvalue weighted by molar-refractivity contribution is 5.29. The Morgan fingerprint density at radius 3 is 1.12 bits per heavy atom. The second-order valence-electron chi connectivity index (χ2n) is 5.04. The molecule has 1 aromatic carbocycles. The number of rotatable bonds is 12. The van der Waals surface area contributed by atoms with Crippen LogP contribution in [-0.4, -0.2) is 19.8 Å². The lowest BCUT2D eigenvalue weighted by Gasteiger charge is -2.11. The molecular formula is C18H21N3O3. The number of nitriles is 3. The van der Waals surface area contributed by atoms with Gasteiger partial charge in [0.1, 0.15) is 0 Å². The third-order valence-electron chi connectivity index (χ3n) is 2.99. The lowest BCUT2D eigenvalue weighted by atomic mass is 10.1. The summed E-state index contributed by atoms with van der Waals surface area (Å²) in [6.45, 7) is 2.44. The van der Waals surface area contributed by atoms with Crippen LogP contribution in [0, 0.1) is 34.0 Å². The SMILES string of the molecule is N#CCCOCc1cc(COCCC#N)cc(COCCC#N)c1. The zero-order valence-corrected chi connectivity index (χ0v) is 13.7. The van der Waals surface area contributed by atoms with Gasteiger partial charge in [0.15, 0.2) is 0 Å². The van der Waals surface area contributed by atoms with Crippen molar-refractivity contribution in [3.63, 3.8) is 0 Å². The molecule has 0 radical (unpaired) electrons. The Hall–Kier alpha value is -2.43. The Labute approximate surface area is 142 Å². The van der Waals surface area contributed by atoms with Gasteiger partial charge in [0, 0.05) is 0 Å². The van der Waals surface area contributed by atoms with Crippen LogP contribution >= 0.6 is 0 Å². The van der Waals surface area contributed by atoms with Gasteiger partial charge in [-0.2, -0.15) is 15.8 Å². The van der Waals surface area contributed by atoms with E-state index in [1.807, 2.05) is 36.4 Å². The zero-order chi connectivity index (χ0) is 17.5. The van der Waals surface area contributed by atoms with Crippen LogP contribution in [0.5, 0.6) is 0 Å². The maximum absolute atomic E-state index is 8.52. The van der Waals surface area contributed by atoms with E-state index in [0.717, 1.165) is 16.7 Å². The zero-order valence-electron chi connectivity index (χ0n) is 13.7. The molecule has 0 aliphatic rings. The van der Waals surface area contributed by atoms with Crippen LogP contribution in [0.2, 0.25) is 0 Å². The molecule has 0 amide bonds. The van der Waals surface area contributed by atoms with Crippen molar-refractivity contribution in [1.29, 1.82) is 15.8 Å². The van der Waals surface area contributed by atoms with Gasteiger partial charge in [-0.1, -0.05) is 18.2 Å². The fourth-order valence-electron chi connectivity index (χ4n) is 2.01. The largest absolute Gasteiger partial charge is 0.376 e. The van der Waals surface area contributed by atoms with Crippen molar-refractivity contribution in [2.75, 3.05) is 19.8 Å². The van der Waals surface area contributed by atoms with Crippen LogP contribution < -0.4 is 0 Å². The minimum absolute atomic E-state index is 0.362. The molecule has 24 heavy (non-hydrogen) atoms. The quantitative estimate of drug-likeness (QED) is 0.547. The predicted molar refractivity (Wildman–Crippen MR) is 86.1 cm³/mol. The first-order chi connectivity index (χ1) is 11.8. The molecule has 0 fully saturated rings. The van der Waals surface area contributed by atoms with Gasteiger partial charge in [0.2, 0.25) is 0 Å². The van der Waals surface area contributed by atoms with Crippen molar-refractivity contribution in [3.8, 4) is 18.2 Å². The van der Waals surface area contributed by atoms with Gasteiger partial charge in [-0.05, 0) is 16.7 Å². The average molecular weight is 327 g/mol. The standard InChI is InChI=1S/C18H21N3O3/c19-4-1-7-22-13-16-10-17(14-23-8-2-5-20)12-18(11-16)15-24-9-3-6-21/h10-12H,1-3,7-9,13-15H2. The van der Waals surface area contributed by atoms with Crippen LogP contribution in [0.3, 0.4) is 0 Å². The highest BCUT2D eigenvalue weighted by Crippen LogP contribution is 2.14. The lowest BCUT2D eigenvalue weighted by Crippen LogP contribution is -2.02. The Morgan fingerprint density at radius 2 is 0.875 bits per heavy atom.